The molecule has 2 nitrogen and oxygen atoms in total. The summed E-state index contributed by atoms with van der Waals surface area (Å²) in [5, 5.41) is 10.5. The zero-order chi connectivity index (χ0) is 12.3. The summed E-state index contributed by atoms with van der Waals surface area (Å²) in [6, 6.07) is 12.8. The first-order chi connectivity index (χ1) is 8.16. The zero-order valence-corrected chi connectivity index (χ0v) is 10.1. The smallest absolute Gasteiger partial charge is 0.127 e. The minimum absolute atomic E-state index is 0.262. The van der Waals surface area contributed by atoms with Crippen LogP contribution in [0.4, 0.5) is 5.69 Å². The van der Waals surface area contributed by atoms with E-state index in [1.165, 1.54) is 0 Å². The number of hydrogen-bond donors (Lipinski definition) is 1. The number of hydrogen-bond acceptors (Lipinski definition) is 2. The van der Waals surface area contributed by atoms with Gasteiger partial charge in [0.05, 0.1) is 5.69 Å². The predicted molar refractivity (Wildman–Crippen MR) is 71.5 cm³/mol. The van der Waals surface area contributed by atoms with E-state index < -0.39 is 0 Å². The predicted octanol–water partition coefficient (Wildman–Crippen LogP) is 4.10. The topological polar surface area (TPSA) is 32.6 Å². The van der Waals surface area contributed by atoms with Crippen molar-refractivity contribution in [2.45, 2.75) is 6.92 Å². The molecule has 0 amide bonds. The third-order valence-corrected chi connectivity index (χ3v) is 2.66. The van der Waals surface area contributed by atoms with Gasteiger partial charge in [-0.3, -0.25) is 4.99 Å². The molecule has 0 aliphatic carbocycles. The maximum Gasteiger partial charge on any atom is 0.127 e. The standard InChI is InChI=1S/C14H12ClNO/c1-10-4-2-5-11(14(10)17)9-16-13-7-3-6-12(15)8-13/h2-9,17H,1H3. The zero-order valence-electron chi connectivity index (χ0n) is 9.39. The molecule has 0 aromatic heterocycles. The number of phenolic OH excluding ortho intramolecular Hbond substituents is 1. The lowest BCUT2D eigenvalue weighted by molar-refractivity contribution is 0.470. The first-order valence-corrected chi connectivity index (χ1v) is 5.63. The van der Waals surface area contributed by atoms with Crippen molar-refractivity contribution in [2.24, 2.45) is 4.99 Å². The highest BCUT2D eigenvalue weighted by molar-refractivity contribution is 6.30. The number of para-hydroxylation sites is 1. The van der Waals surface area contributed by atoms with Crippen LogP contribution in [0, 0.1) is 6.92 Å². The second-order valence-electron chi connectivity index (χ2n) is 3.75. The van der Waals surface area contributed by atoms with Crippen LogP contribution in [0.25, 0.3) is 0 Å². The third kappa shape index (κ3) is 2.86. The van der Waals surface area contributed by atoms with E-state index in [0.29, 0.717) is 10.6 Å². The van der Waals surface area contributed by atoms with Gasteiger partial charge in [0.1, 0.15) is 5.75 Å². The van der Waals surface area contributed by atoms with Gasteiger partial charge in [-0.1, -0.05) is 29.8 Å². The first kappa shape index (κ1) is 11.7. The van der Waals surface area contributed by atoms with Crippen molar-refractivity contribution < 1.29 is 5.11 Å². The Kier molecular flexibility index (Phi) is 3.45. The van der Waals surface area contributed by atoms with Gasteiger partial charge in [-0.05, 0) is 36.8 Å². The van der Waals surface area contributed by atoms with Crippen LogP contribution < -0.4 is 0 Å². The van der Waals surface area contributed by atoms with Gasteiger partial charge in [0.15, 0.2) is 0 Å². The van der Waals surface area contributed by atoms with Gasteiger partial charge in [-0.2, -0.15) is 0 Å². The van der Waals surface area contributed by atoms with Gasteiger partial charge in [0.2, 0.25) is 0 Å². The van der Waals surface area contributed by atoms with Crippen LogP contribution in [-0.4, -0.2) is 11.3 Å². The Morgan fingerprint density at radius 2 is 1.94 bits per heavy atom. The molecule has 0 radical (unpaired) electrons. The van der Waals surface area contributed by atoms with E-state index in [1.807, 2.05) is 37.3 Å². The van der Waals surface area contributed by atoms with E-state index in [1.54, 1.807) is 18.3 Å². The maximum absolute atomic E-state index is 9.81. The summed E-state index contributed by atoms with van der Waals surface area (Å²) in [6.45, 7) is 1.85. The summed E-state index contributed by atoms with van der Waals surface area (Å²) in [4.78, 5) is 4.27. The molecule has 2 rings (SSSR count). The molecule has 0 saturated carbocycles. The van der Waals surface area contributed by atoms with Crippen molar-refractivity contribution >= 4 is 23.5 Å². The molecule has 17 heavy (non-hydrogen) atoms. The van der Waals surface area contributed by atoms with Crippen LogP contribution in [0.2, 0.25) is 5.02 Å². The molecule has 3 heteroatoms. The number of aromatic hydroxyl groups is 1. The molecule has 1 N–H and O–H groups in total. The van der Waals surface area contributed by atoms with E-state index in [2.05, 4.69) is 4.99 Å². The fourth-order valence-electron chi connectivity index (χ4n) is 1.49. The second kappa shape index (κ2) is 5.02. The van der Waals surface area contributed by atoms with Crippen molar-refractivity contribution in [3.05, 3.63) is 58.6 Å². The van der Waals surface area contributed by atoms with Gasteiger partial charge in [-0.15, -0.1) is 0 Å². The Morgan fingerprint density at radius 1 is 1.18 bits per heavy atom. The monoisotopic (exact) mass is 245 g/mol. The van der Waals surface area contributed by atoms with Gasteiger partial charge in [0.25, 0.3) is 0 Å². The van der Waals surface area contributed by atoms with E-state index >= 15 is 0 Å². The Hall–Kier alpha value is -1.80. The highest BCUT2D eigenvalue weighted by Gasteiger charge is 2.00. The van der Waals surface area contributed by atoms with Crippen LogP contribution in [-0.2, 0) is 0 Å². The van der Waals surface area contributed by atoms with E-state index in [0.717, 1.165) is 11.3 Å². The molecule has 2 aromatic carbocycles. The molecule has 0 heterocycles. The average Bonchev–Trinajstić information content (AvgIpc) is 2.31. The molecular formula is C14H12ClNO. The Bertz CT molecular complexity index is 564. The van der Waals surface area contributed by atoms with Crippen molar-refractivity contribution in [2.75, 3.05) is 0 Å². The third-order valence-electron chi connectivity index (χ3n) is 2.43. The molecule has 0 fully saturated rings. The van der Waals surface area contributed by atoms with E-state index in [9.17, 15) is 5.11 Å². The minimum Gasteiger partial charge on any atom is -0.507 e. The summed E-state index contributed by atoms with van der Waals surface area (Å²) in [5.41, 5.74) is 2.29. The molecule has 0 spiro atoms. The molecule has 86 valence electrons. The second-order valence-corrected chi connectivity index (χ2v) is 4.19. The lowest BCUT2D eigenvalue weighted by Crippen LogP contribution is -1.84. The summed E-state index contributed by atoms with van der Waals surface area (Å²) >= 11 is 5.86. The minimum atomic E-state index is 0.262. The molecule has 0 saturated heterocycles. The molecule has 0 bridgehead atoms. The Labute approximate surface area is 105 Å². The fraction of sp³-hybridized carbons (Fsp3) is 0.0714. The van der Waals surface area contributed by atoms with Crippen molar-refractivity contribution in [3.63, 3.8) is 0 Å². The average molecular weight is 246 g/mol. The van der Waals surface area contributed by atoms with Crippen LogP contribution >= 0.6 is 11.6 Å². The summed E-state index contributed by atoms with van der Waals surface area (Å²) in [7, 11) is 0. The van der Waals surface area contributed by atoms with Crippen molar-refractivity contribution in [3.8, 4) is 5.75 Å². The van der Waals surface area contributed by atoms with Crippen molar-refractivity contribution in [1.29, 1.82) is 0 Å². The number of aliphatic imine (C=N–C) groups is 1. The maximum atomic E-state index is 9.81. The molecule has 0 aliphatic rings. The molecule has 0 aliphatic heterocycles. The largest absolute Gasteiger partial charge is 0.507 e. The number of aryl methyl sites for hydroxylation is 1. The number of nitrogens with zero attached hydrogens (tertiary/aromatic N) is 1. The quantitative estimate of drug-likeness (QED) is 0.794. The van der Waals surface area contributed by atoms with E-state index in [4.69, 9.17) is 11.6 Å². The molecular weight excluding hydrogens is 234 g/mol. The Balaban J connectivity index is 2.29. The highest BCUT2D eigenvalue weighted by Crippen LogP contribution is 2.22. The van der Waals surface area contributed by atoms with Crippen LogP contribution in [0.5, 0.6) is 5.75 Å². The first-order valence-electron chi connectivity index (χ1n) is 5.25. The fourth-order valence-corrected chi connectivity index (χ4v) is 1.67. The summed E-state index contributed by atoms with van der Waals surface area (Å²) < 4.78 is 0. The highest BCUT2D eigenvalue weighted by atomic mass is 35.5. The SMILES string of the molecule is Cc1cccc(C=Nc2cccc(Cl)c2)c1O. The number of phenols is 1. The lowest BCUT2D eigenvalue weighted by atomic mass is 10.1. The number of rotatable bonds is 2. The molecule has 0 atom stereocenters. The van der Waals surface area contributed by atoms with E-state index in [-0.39, 0.29) is 5.75 Å². The Morgan fingerprint density at radius 3 is 2.71 bits per heavy atom. The summed E-state index contributed by atoms with van der Waals surface area (Å²) in [6.07, 6.45) is 1.63. The molecule has 0 unspecified atom stereocenters. The number of benzene rings is 2. The van der Waals surface area contributed by atoms with Gasteiger partial charge >= 0.3 is 0 Å². The van der Waals surface area contributed by atoms with Crippen LogP contribution in [0.1, 0.15) is 11.1 Å². The van der Waals surface area contributed by atoms with Gasteiger partial charge in [0, 0.05) is 16.8 Å². The number of halogens is 1. The summed E-state index contributed by atoms with van der Waals surface area (Å²) in [5.74, 6) is 0.262. The lowest BCUT2D eigenvalue weighted by Gasteiger charge is -2.01. The van der Waals surface area contributed by atoms with Gasteiger partial charge < -0.3 is 5.11 Å². The van der Waals surface area contributed by atoms with Gasteiger partial charge in [-0.25, -0.2) is 0 Å². The normalized spacial score (nSPS) is 10.9. The van der Waals surface area contributed by atoms with Crippen LogP contribution in [0.15, 0.2) is 47.5 Å². The molecule has 2 aromatic rings. The van der Waals surface area contributed by atoms with Crippen molar-refractivity contribution in [1.82, 2.24) is 0 Å². The van der Waals surface area contributed by atoms with Crippen LogP contribution in [0.3, 0.4) is 0 Å².